The van der Waals surface area contributed by atoms with E-state index >= 15 is 0 Å². The van der Waals surface area contributed by atoms with Crippen molar-refractivity contribution in [2.45, 2.75) is 81.6 Å². The van der Waals surface area contributed by atoms with Crippen molar-refractivity contribution >= 4 is 115 Å². The van der Waals surface area contributed by atoms with Crippen LogP contribution in [0.25, 0.3) is 67.3 Å². The highest BCUT2D eigenvalue weighted by Crippen LogP contribution is 2.38. The number of rotatable bonds is 14. The number of halogens is 13. The van der Waals surface area contributed by atoms with Gasteiger partial charge in [0.05, 0.1) is 28.4 Å². The minimum absolute atomic E-state index is 0. The summed E-state index contributed by atoms with van der Waals surface area (Å²) < 4.78 is 132. The van der Waals surface area contributed by atoms with E-state index in [0.717, 1.165) is 6.20 Å². The highest BCUT2D eigenvalue weighted by atomic mass is 35.5. The first-order valence-electron chi connectivity index (χ1n) is 28.7. The number of aromatic nitrogens is 12. The second-order valence-electron chi connectivity index (χ2n) is 22.0. The van der Waals surface area contributed by atoms with Crippen LogP contribution >= 0.6 is 34.8 Å². The van der Waals surface area contributed by atoms with Crippen molar-refractivity contribution in [1.82, 2.24) is 75.8 Å². The van der Waals surface area contributed by atoms with Crippen LogP contribution in [0.3, 0.4) is 0 Å². The van der Waals surface area contributed by atoms with Crippen LogP contribution in [0, 0.1) is 5.82 Å². The molecule has 0 saturated carbocycles. The van der Waals surface area contributed by atoms with Crippen molar-refractivity contribution in [2.24, 2.45) is 0 Å². The summed E-state index contributed by atoms with van der Waals surface area (Å²) in [6.45, 7) is -1.93. The van der Waals surface area contributed by atoms with Gasteiger partial charge in [-0.3, -0.25) is 14.4 Å². The standard InChI is InChI=1S/C20H18ClF3N6O3.C19H17ClF4N6O.C19H16ClF3N6O3.5H2/c1-33-19(32)13-6-15(30-4-2-3-14(30)18(31)27-9-20(22,23)24)29-17(28-13)12-8-26-16-11(12)5-10(21)7-25-16;1-18(17(31)28-9-19(22,23)24)3-2-4-30(18)16-13(21)8-27-15(29-16)12-7-26-14-11(12)5-10(20)6-25-14;20-9-4-10-11(7-25-15(10)24-6-9)16-27-12(18(31)32)5-14(28-16)29-3-1-2-13(29)17(30)26-8-19(21,22)23;;;;;/h5-8,14H,2-4,9H2,1H3,(H,25,26)(H,27,31);5-8H,2-4,9H2,1H3,(H,25,26)(H,28,31);4-7,13H,1-3,8H2,(H,24,25)(H,26,30)(H,31,32);5*1H/t14-;18-;13-;;;;;/m101...../s1. The molecule has 96 heavy (non-hydrogen) atoms. The molecule has 3 aliphatic heterocycles. The third-order valence-corrected chi connectivity index (χ3v) is 16.1. The van der Waals surface area contributed by atoms with Gasteiger partial charge in [0, 0.05) is 109 Å². The van der Waals surface area contributed by atoms with Crippen LogP contribution in [0.4, 0.5) is 61.4 Å². The minimum Gasteiger partial charge on any atom is -0.477 e. The van der Waals surface area contributed by atoms with Crippen LogP contribution in [0.15, 0.2) is 73.7 Å². The van der Waals surface area contributed by atoms with E-state index in [2.05, 4.69) is 59.8 Å². The lowest BCUT2D eigenvalue weighted by atomic mass is 9.97. The number of ether oxygens (including phenoxy) is 1. The SMILES string of the molecule is COC(=O)c1cc(N2CCC[C@@H]2C(=O)NCC(F)(F)F)nc(-c2c[nH]c3ncc(Cl)cc23)n1.C[C@@]1(C(=O)NCC(F)(F)F)CCCN1c1nc(-c2c[nH]c3ncc(Cl)cc23)ncc1F.O=C(O)c1cc(N2CCC[C@@H]2C(=O)NCC(F)(F)F)nc(-c2c[nH]c3ncc(Cl)cc23)n1.[HH].[HH].[HH].[HH].[HH]. The Hall–Kier alpha value is -9.77. The van der Waals surface area contributed by atoms with Crippen molar-refractivity contribution in [3.63, 3.8) is 0 Å². The lowest BCUT2D eigenvalue weighted by Gasteiger charge is -2.35. The van der Waals surface area contributed by atoms with Gasteiger partial charge in [0.1, 0.15) is 65.8 Å². The molecule has 3 atom stereocenters. The number of nitrogens with zero attached hydrogens (tertiary/aromatic N) is 12. The van der Waals surface area contributed by atoms with E-state index in [0.29, 0.717) is 110 Å². The number of carboxylic acid groups (broad SMARTS) is 1. The van der Waals surface area contributed by atoms with Gasteiger partial charge >= 0.3 is 30.5 Å². The Morgan fingerprint density at radius 3 is 1.46 bits per heavy atom. The van der Waals surface area contributed by atoms with Gasteiger partial charge in [-0.1, -0.05) is 34.8 Å². The summed E-state index contributed by atoms with van der Waals surface area (Å²) in [4.78, 5) is 113. The molecule has 12 rings (SSSR count). The molecular formula is C58H61Cl3F10N18O7. The zero-order chi connectivity index (χ0) is 69.2. The molecule has 9 aromatic heterocycles. The van der Waals surface area contributed by atoms with Crippen LogP contribution in [0.1, 0.15) is 73.6 Å². The van der Waals surface area contributed by atoms with Crippen LogP contribution in [-0.4, -0.2) is 177 Å². The number of H-pyrrole nitrogens is 3. The maximum absolute atomic E-state index is 14.7. The van der Waals surface area contributed by atoms with Crippen LogP contribution in [0.2, 0.25) is 15.1 Å². The average molecular weight is 1420 g/mol. The first-order chi connectivity index (χ1) is 45.4. The Labute approximate surface area is 556 Å². The molecule has 0 unspecified atom stereocenters. The van der Waals surface area contributed by atoms with Crippen molar-refractivity contribution in [2.75, 3.05) is 61.1 Å². The second-order valence-corrected chi connectivity index (χ2v) is 23.3. The first kappa shape index (κ1) is 69.1. The Kier molecular flexibility index (Phi) is 20.1. The van der Waals surface area contributed by atoms with Gasteiger partial charge in [-0.15, -0.1) is 0 Å². The summed E-state index contributed by atoms with van der Waals surface area (Å²) >= 11 is 18.1. The highest BCUT2D eigenvalue weighted by Gasteiger charge is 2.46. The van der Waals surface area contributed by atoms with Crippen LogP contribution in [0.5, 0.6) is 0 Å². The van der Waals surface area contributed by atoms with Gasteiger partial charge in [0.15, 0.2) is 40.5 Å². The van der Waals surface area contributed by atoms with Crippen molar-refractivity contribution in [1.29, 1.82) is 0 Å². The Morgan fingerprint density at radius 1 is 0.594 bits per heavy atom. The number of methoxy groups -OCH3 is 1. The molecule has 0 aliphatic carbocycles. The molecule has 3 aliphatic rings. The fourth-order valence-corrected chi connectivity index (χ4v) is 11.5. The third-order valence-electron chi connectivity index (χ3n) is 15.4. The molecule has 25 nitrogen and oxygen atoms in total. The molecule has 7 N–H and O–H groups in total. The lowest BCUT2D eigenvalue weighted by Crippen LogP contribution is -2.55. The van der Waals surface area contributed by atoms with Crippen molar-refractivity contribution in [3.05, 3.63) is 106 Å². The molecule has 0 radical (unpaired) electrons. The quantitative estimate of drug-likeness (QED) is 0.0393. The number of aromatic carboxylic acids is 1. The summed E-state index contributed by atoms with van der Waals surface area (Å²) in [7, 11) is 1.20. The van der Waals surface area contributed by atoms with Gasteiger partial charge in [-0.2, -0.15) is 39.5 Å². The van der Waals surface area contributed by atoms with Gasteiger partial charge in [0.2, 0.25) is 17.7 Å². The monoisotopic (exact) mass is 1420 g/mol. The first-order valence-corrected chi connectivity index (χ1v) is 29.9. The largest absolute Gasteiger partial charge is 0.477 e. The van der Waals surface area contributed by atoms with Gasteiger partial charge < -0.3 is 55.4 Å². The number of anilines is 3. The molecule has 0 bridgehead atoms. The molecule has 516 valence electrons. The maximum Gasteiger partial charge on any atom is 0.405 e. The molecule has 38 heteroatoms. The van der Waals surface area contributed by atoms with Crippen LogP contribution < -0.4 is 30.7 Å². The van der Waals surface area contributed by atoms with E-state index in [9.17, 15) is 73.0 Å². The normalized spacial score (nSPS) is 17.3. The summed E-state index contributed by atoms with van der Waals surface area (Å²) in [6, 6.07) is 5.70. The number of nitrogens with one attached hydrogen (secondary N) is 6. The fourth-order valence-electron chi connectivity index (χ4n) is 11.0. The number of aromatic amines is 3. The number of carboxylic acids is 1. The second kappa shape index (κ2) is 27.9. The van der Waals surface area contributed by atoms with E-state index in [1.54, 1.807) is 41.7 Å². The number of hydrogen-bond acceptors (Lipinski definition) is 18. The predicted octanol–water partition coefficient (Wildman–Crippen LogP) is 11.2. The Morgan fingerprint density at radius 2 is 1.02 bits per heavy atom. The smallest absolute Gasteiger partial charge is 0.405 e. The zero-order valence-corrected chi connectivity index (χ0v) is 52.0. The molecule has 3 saturated heterocycles. The van der Waals surface area contributed by atoms with E-state index in [1.165, 1.54) is 54.6 Å². The molecule has 0 spiro atoms. The predicted molar refractivity (Wildman–Crippen MR) is 338 cm³/mol. The Balaban J connectivity index is 0.000000266. The van der Waals surface area contributed by atoms with E-state index in [-0.39, 0.29) is 66.4 Å². The minimum atomic E-state index is -4.55. The number of pyridine rings is 3. The molecule has 12 heterocycles. The summed E-state index contributed by atoms with van der Waals surface area (Å²) in [5, 5.41) is 18.1. The van der Waals surface area contributed by atoms with E-state index < -0.39 is 91.3 Å². The number of alkyl halides is 9. The lowest BCUT2D eigenvalue weighted by molar-refractivity contribution is -0.141. The van der Waals surface area contributed by atoms with E-state index in [1.807, 2.05) is 16.0 Å². The molecule has 9 aromatic rings. The summed E-state index contributed by atoms with van der Waals surface area (Å²) in [5.74, 6) is -4.70. The van der Waals surface area contributed by atoms with Crippen LogP contribution in [-0.2, 0) is 19.1 Å². The fraction of sp³-hybridized carbons (Fsp3) is 0.345. The maximum atomic E-state index is 14.7. The summed E-state index contributed by atoms with van der Waals surface area (Å²) in [6.07, 6.45) is -1.04. The molecule has 3 amide bonds. The zero-order valence-electron chi connectivity index (χ0n) is 49.7. The third kappa shape index (κ3) is 15.8. The van der Waals surface area contributed by atoms with Gasteiger partial charge in [-0.05, 0) is 63.6 Å². The highest BCUT2D eigenvalue weighted by molar-refractivity contribution is 6.32. The molecular weight excluding hydrogens is 1360 g/mol. The summed E-state index contributed by atoms with van der Waals surface area (Å²) in [5.41, 5.74) is 1.23. The number of fused-ring (bicyclic) bond motifs is 3. The number of carbonyl (C=O) groups excluding carboxylic acids is 4. The number of amides is 3. The van der Waals surface area contributed by atoms with Gasteiger partial charge in [0.25, 0.3) is 0 Å². The van der Waals surface area contributed by atoms with Crippen molar-refractivity contribution < 1.29 is 84.9 Å². The van der Waals surface area contributed by atoms with Crippen molar-refractivity contribution in [3.8, 4) is 34.2 Å². The number of esters is 1. The molecule has 0 aromatic carbocycles. The Bertz CT molecular complexity index is 4470. The number of hydrogen-bond donors (Lipinski definition) is 7. The van der Waals surface area contributed by atoms with Gasteiger partial charge in [-0.25, -0.2) is 58.8 Å². The average Bonchev–Trinajstić information content (AvgIpc) is 1.69. The topological polar surface area (TPSA) is 324 Å². The van der Waals surface area contributed by atoms with E-state index in [4.69, 9.17) is 39.5 Å². The molecule has 3 fully saturated rings. The number of carbonyl (C=O) groups is 5.